The van der Waals surface area contributed by atoms with Gasteiger partial charge in [0.05, 0.1) is 25.4 Å². The van der Waals surface area contributed by atoms with Crippen molar-refractivity contribution in [2.75, 3.05) is 26.1 Å². The Balaban J connectivity index is 1.81. The number of fused-ring (bicyclic) bond motifs is 1. The molecule has 2 heterocycles. The Morgan fingerprint density at radius 2 is 2.11 bits per heavy atom. The predicted octanol–water partition coefficient (Wildman–Crippen LogP) is 2.42. The van der Waals surface area contributed by atoms with Crippen LogP contribution in [0.1, 0.15) is 5.56 Å². The summed E-state index contributed by atoms with van der Waals surface area (Å²) >= 11 is 0. The summed E-state index contributed by atoms with van der Waals surface area (Å²) in [6.45, 7) is 0.224. The van der Waals surface area contributed by atoms with Gasteiger partial charge in [0.2, 0.25) is 0 Å². The quantitative estimate of drug-likeness (QED) is 0.507. The number of anilines is 2. The molecule has 0 bridgehead atoms. The molecular weight excluding hydrogens is 351 g/mol. The van der Waals surface area contributed by atoms with Crippen molar-refractivity contribution in [2.45, 2.75) is 6.42 Å². The van der Waals surface area contributed by atoms with E-state index in [1.807, 2.05) is 0 Å². The number of nitrogens with one attached hydrogen (secondary N) is 1. The molecule has 3 rings (SSSR count). The highest BCUT2D eigenvalue weighted by atomic mass is 19.1. The number of nitrogens with two attached hydrogens (primary N) is 1. The summed E-state index contributed by atoms with van der Waals surface area (Å²) in [5.74, 6) is 0.788. The maximum atomic E-state index is 14.1. The Labute approximate surface area is 155 Å². The van der Waals surface area contributed by atoms with E-state index in [9.17, 15) is 4.39 Å². The van der Waals surface area contributed by atoms with E-state index in [0.29, 0.717) is 40.3 Å². The van der Waals surface area contributed by atoms with Crippen molar-refractivity contribution >= 4 is 28.6 Å². The molecule has 27 heavy (non-hydrogen) atoms. The van der Waals surface area contributed by atoms with Crippen LogP contribution in [0.15, 0.2) is 41.8 Å². The molecule has 0 aliphatic carbocycles. The summed E-state index contributed by atoms with van der Waals surface area (Å²) in [7, 11) is 3.09. The second-order valence-corrected chi connectivity index (χ2v) is 5.56. The van der Waals surface area contributed by atoms with E-state index in [0.717, 1.165) is 0 Å². The fourth-order valence-corrected chi connectivity index (χ4v) is 2.44. The van der Waals surface area contributed by atoms with Crippen molar-refractivity contribution in [2.24, 2.45) is 10.7 Å². The molecule has 0 unspecified atom stereocenters. The zero-order valence-corrected chi connectivity index (χ0v) is 14.9. The molecule has 0 radical (unpaired) electrons. The van der Waals surface area contributed by atoms with Crippen molar-refractivity contribution in [1.82, 2.24) is 15.0 Å². The SMILES string of the molecule is CN=C(N)OCCc1cc(Nc2ncnc3cc(OC)cnc23)ccc1F. The Morgan fingerprint density at radius 3 is 2.89 bits per heavy atom. The maximum Gasteiger partial charge on any atom is 0.281 e. The minimum Gasteiger partial charge on any atom is -0.495 e. The number of halogens is 1. The van der Waals surface area contributed by atoms with Gasteiger partial charge in [-0.2, -0.15) is 0 Å². The van der Waals surface area contributed by atoms with Crippen LogP contribution in [-0.2, 0) is 11.2 Å². The molecule has 0 amide bonds. The van der Waals surface area contributed by atoms with Gasteiger partial charge in [-0.3, -0.25) is 0 Å². The topological polar surface area (TPSA) is 108 Å². The van der Waals surface area contributed by atoms with Gasteiger partial charge in [0.1, 0.15) is 23.4 Å². The van der Waals surface area contributed by atoms with Crippen molar-refractivity contribution in [3.8, 4) is 5.75 Å². The normalized spacial score (nSPS) is 11.4. The Hall–Kier alpha value is -3.49. The van der Waals surface area contributed by atoms with Crippen molar-refractivity contribution in [1.29, 1.82) is 0 Å². The lowest BCUT2D eigenvalue weighted by Crippen LogP contribution is -2.17. The smallest absolute Gasteiger partial charge is 0.281 e. The van der Waals surface area contributed by atoms with Gasteiger partial charge in [0, 0.05) is 25.2 Å². The van der Waals surface area contributed by atoms with Crippen LogP contribution >= 0.6 is 0 Å². The van der Waals surface area contributed by atoms with Crippen molar-refractivity contribution in [3.05, 3.63) is 48.2 Å². The molecule has 0 spiro atoms. The van der Waals surface area contributed by atoms with E-state index < -0.39 is 0 Å². The number of pyridine rings is 1. The van der Waals surface area contributed by atoms with Crippen molar-refractivity contribution in [3.63, 3.8) is 0 Å². The largest absolute Gasteiger partial charge is 0.495 e. The van der Waals surface area contributed by atoms with Gasteiger partial charge in [-0.05, 0) is 23.8 Å². The standard InChI is InChI=1S/C18H19FN6O2/c1-21-18(20)27-6-5-11-7-12(3-4-14(11)19)25-17-16-15(23-10-24-17)8-13(26-2)9-22-16/h3-4,7-10H,5-6H2,1-2H3,(H2,20,21)(H,23,24,25). The third-order valence-corrected chi connectivity index (χ3v) is 3.84. The van der Waals surface area contributed by atoms with Crippen LogP contribution in [0.2, 0.25) is 0 Å². The minimum absolute atomic E-state index is 0.0682. The molecule has 0 saturated carbocycles. The van der Waals surface area contributed by atoms with Gasteiger partial charge in [-0.1, -0.05) is 0 Å². The Bertz CT molecular complexity index is 979. The monoisotopic (exact) mass is 370 g/mol. The average molecular weight is 370 g/mol. The summed E-state index contributed by atoms with van der Waals surface area (Å²) in [5, 5.41) is 3.15. The minimum atomic E-state index is -0.327. The maximum absolute atomic E-state index is 14.1. The second kappa shape index (κ2) is 8.26. The van der Waals surface area contributed by atoms with E-state index >= 15 is 0 Å². The summed E-state index contributed by atoms with van der Waals surface area (Å²) in [5.41, 5.74) is 7.84. The van der Waals surface area contributed by atoms with E-state index in [2.05, 4.69) is 25.3 Å². The molecule has 0 aliphatic heterocycles. The number of aromatic nitrogens is 3. The lowest BCUT2D eigenvalue weighted by atomic mass is 10.1. The van der Waals surface area contributed by atoms with Gasteiger partial charge in [0.25, 0.3) is 6.02 Å². The first kappa shape index (κ1) is 18.3. The molecule has 140 valence electrons. The molecule has 2 aromatic heterocycles. The summed E-state index contributed by atoms with van der Waals surface area (Å²) in [4.78, 5) is 16.5. The molecule has 0 saturated heterocycles. The highest BCUT2D eigenvalue weighted by Gasteiger charge is 2.09. The van der Waals surface area contributed by atoms with Gasteiger partial charge in [-0.25, -0.2) is 24.3 Å². The predicted molar refractivity (Wildman–Crippen MR) is 101 cm³/mol. The number of methoxy groups -OCH3 is 1. The summed E-state index contributed by atoms with van der Waals surface area (Å²) in [6.07, 6.45) is 3.36. The van der Waals surface area contributed by atoms with E-state index in [1.165, 1.54) is 19.4 Å². The third kappa shape index (κ3) is 4.38. The zero-order chi connectivity index (χ0) is 19.2. The highest BCUT2D eigenvalue weighted by molar-refractivity contribution is 5.87. The van der Waals surface area contributed by atoms with Gasteiger partial charge in [-0.15, -0.1) is 0 Å². The molecule has 3 N–H and O–H groups in total. The number of aliphatic imine (C=N–C) groups is 1. The number of rotatable bonds is 6. The van der Waals surface area contributed by atoms with Crippen LogP contribution in [0.5, 0.6) is 5.75 Å². The molecule has 0 atom stereocenters. The lowest BCUT2D eigenvalue weighted by Gasteiger charge is -2.11. The molecular formula is C18H19FN6O2. The van der Waals surface area contributed by atoms with Gasteiger partial charge in [0.15, 0.2) is 5.82 Å². The fraction of sp³-hybridized carbons (Fsp3) is 0.222. The summed E-state index contributed by atoms with van der Waals surface area (Å²) < 4.78 is 24.4. The molecule has 9 heteroatoms. The van der Waals surface area contributed by atoms with Gasteiger partial charge >= 0.3 is 0 Å². The Kier molecular flexibility index (Phi) is 5.60. The van der Waals surface area contributed by atoms with Gasteiger partial charge < -0.3 is 20.5 Å². The zero-order valence-electron chi connectivity index (χ0n) is 14.9. The van der Waals surface area contributed by atoms with E-state index in [4.69, 9.17) is 15.2 Å². The van der Waals surface area contributed by atoms with Crippen LogP contribution in [0.4, 0.5) is 15.9 Å². The van der Waals surface area contributed by atoms with Crippen LogP contribution in [0.3, 0.4) is 0 Å². The van der Waals surface area contributed by atoms with Crippen LogP contribution in [0.25, 0.3) is 11.0 Å². The molecule has 0 aliphatic rings. The number of nitrogens with zero attached hydrogens (tertiary/aromatic N) is 4. The first-order chi connectivity index (χ1) is 13.1. The second-order valence-electron chi connectivity index (χ2n) is 5.56. The molecule has 8 nitrogen and oxygen atoms in total. The molecule has 1 aromatic carbocycles. The highest BCUT2D eigenvalue weighted by Crippen LogP contribution is 2.25. The summed E-state index contributed by atoms with van der Waals surface area (Å²) in [6, 6.07) is 6.53. The average Bonchev–Trinajstić information content (AvgIpc) is 2.69. The third-order valence-electron chi connectivity index (χ3n) is 3.84. The van der Waals surface area contributed by atoms with Crippen molar-refractivity contribution < 1.29 is 13.9 Å². The molecule has 3 aromatic rings. The first-order valence-electron chi connectivity index (χ1n) is 8.16. The number of benzene rings is 1. The van der Waals surface area contributed by atoms with Crippen LogP contribution in [-0.4, -0.2) is 41.7 Å². The fourth-order valence-electron chi connectivity index (χ4n) is 2.44. The first-order valence-corrected chi connectivity index (χ1v) is 8.16. The van der Waals surface area contributed by atoms with E-state index in [1.54, 1.807) is 31.5 Å². The Morgan fingerprint density at radius 1 is 1.26 bits per heavy atom. The van der Waals surface area contributed by atoms with Crippen LogP contribution < -0.4 is 15.8 Å². The lowest BCUT2D eigenvalue weighted by molar-refractivity contribution is 0.301. The number of ether oxygens (including phenoxy) is 2. The number of hydrogen-bond donors (Lipinski definition) is 2. The van der Waals surface area contributed by atoms with E-state index in [-0.39, 0.29) is 18.4 Å². The number of hydrogen-bond acceptors (Lipinski definition) is 7. The van der Waals surface area contributed by atoms with Crippen LogP contribution in [0, 0.1) is 5.82 Å². The number of amidine groups is 1. The molecule has 0 fully saturated rings.